The van der Waals surface area contributed by atoms with Crippen LogP contribution in [0.25, 0.3) is 0 Å². The van der Waals surface area contributed by atoms with Crippen LogP contribution in [-0.2, 0) is 4.79 Å². The maximum Gasteiger partial charge on any atom is 0.134 e. The van der Waals surface area contributed by atoms with Crippen molar-refractivity contribution in [2.75, 3.05) is 14.2 Å². The smallest absolute Gasteiger partial charge is 0.134 e. The maximum absolute atomic E-state index is 13.7. The van der Waals surface area contributed by atoms with Crippen LogP contribution in [0.4, 0.5) is 0 Å². The molecule has 2 fully saturated rings. The van der Waals surface area contributed by atoms with E-state index in [1.165, 1.54) is 75.3 Å². The Morgan fingerprint density at radius 1 is 0.706 bits per heavy atom. The van der Waals surface area contributed by atoms with Gasteiger partial charge in [0.25, 0.3) is 0 Å². The minimum Gasteiger partial charge on any atom is -0.497 e. The van der Waals surface area contributed by atoms with E-state index in [0.717, 1.165) is 11.5 Å². The van der Waals surface area contributed by atoms with Gasteiger partial charge < -0.3 is 9.47 Å². The van der Waals surface area contributed by atoms with E-state index in [9.17, 15) is 4.79 Å². The number of hydrogen-bond acceptors (Lipinski definition) is 3. The van der Waals surface area contributed by atoms with Gasteiger partial charge in [0.15, 0.2) is 0 Å². The number of methoxy groups -OCH3 is 2. The number of Topliss-reactive ketones (excluding diaryl/α,β-unsaturated/α-hetero) is 1. The minimum atomic E-state index is 0.292. The lowest BCUT2D eigenvalue weighted by Gasteiger charge is -2.33. The van der Waals surface area contributed by atoms with Crippen LogP contribution in [-0.4, -0.2) is 20.0 Å². The van der Waals surface area contributed by atoms with Gasteiger partial charge in [-0.15, -0.1) is 0 Å². The highest BCUT2D eigenvalue weighted by Gasteiger charge is 2.31. The normalized spacial score (nSPS) is 19.4. The summed E-state index contributed by atoms with van der Waals surface area (Å²) in [6, 6.07) is 16.9. The summed E-state index contributed by atoms with van der Waals surface area (Å²) in [6.45, 7) is 0. The summed E-state index contributed by atoms with van der Waals surface area (Å²) in [4.78, 5) is 13.7. The van der Waals surface area contributed by atoms with Crippen LogP contribution in [0.5, 0.6) is 11.5 Å². The monoisotopic (exact) mass is 462 g/mol. The van der Waals surface area contributed by atoms with Crippen LogP contribution in [0.1, 0.15) is 100 Å². The second kappa shape index (κ2) is 12.4. The summed E-state index contributed by atoms with van der Waals surface area (Å²) in [7, 11) is 3.45. The molecule has 0 saturated heterocycles. The molecule has 4 rings (SSSR count). The number of ketones is 1. The molecule has 3 heteroatoms. The van der Waals surface area contributed by atoms with Crippen molar-refractivity contribution < 1.29 is 14.3 Å². The average Bonchev–Trinajstić information content (AvgIpc) is 2.91. The van der Waals surface area contributed by atoms with Crippen LogP contribution in [0.15, 0.2) is 48.5 Å². The van der Waals surface area contributed by atoms with E-state index in [0.29, 0.717) is 42.3 Å². The molecule has 2 aromatic rings. The Kier molecular flexibility index (Phi) is 9.07. The number of hydrogen-bond donors (Lipinski definition) is 0. The highest BCUT2D eigenvalue weighted by molar-refractivity contribution is 5.80. The first kappa shape index (κ1) is 24.8. The first-order chi connectivity index (χ1) is 16.7. The average molecular weight is 463 g/mol. The first-order valence-electron chi connectivity index (χ1n) is 13.5. The maximum atomic E-state index is 13.7. The van der Waals surface area contributed by atoms with E-state index in [2.05, 4.69) is 36.4 Å². The molecule has 2 aliphatic carbocycles. The third-order valence-electron chi connectivity index (χ3n) is 8.38. The summed E-state index contributed by atoms with van der Waals surface area (Å²) < 4.78 is 11.0. The van der Waals surface area contributed by atoms with Gasteiger partial charge in [0.05, 0.1) is 14.2 Å². The topological polar surface area (TPSA) is 35.5 Å². The minimum absolute atomic E-state index is 0.292. The number of carbonyl (C=O) groups excluding carboxylic acids is 1. The van der Waals surface area contributed by atoms with Gasteiger partial charge in [-0.05, 0) is 84.7 Å². The summed E-state index contributed by atoms with van der Waals surface area (Å²) in [5.74, 6) is 3.96. The lowest BCUT2D eigenvalue weighted by molar-refractivity contribution is -0.120. The second-order valence-corrected chi connectivity index (χ2v) is 10.5. The van der Waals surface area contributed by atoms with Gasteiger partial charge in [0, 0.05) is 12.8 Å². The fourth-order valence-corrected chi connectivity index (χ4v) is 6.50. The van der Waals surface area contributed by atoms with Crippen LogP contribution in [0, 0.1) is 11.8 Å². The largest absolute Gasteiger partial charge is 0.497 e. The van der Waals surface area contributed by atoms with Crippen molar-refractivity contribution in [3.05, 3.63) is 59.7 Å². The van der Waals surface area contributed by atoms with Crippen molar-refractivity contribution in [3.8, 4) is 11.5 Å². The second-order valence-electron chi connectivity index (χ2n) is 10.5. The standard InChI is InChI=1S/C31H42O3/c1-33-28-17-9-15-25(19-28)30(23-11-5-3-6-12-23)21-27(32)22-31(24-13-7-4-8-14-24)26-16-10-18-29(20-26)34-2/h9-10,15-20,23-24,30-31H,3-8,11-14,21-22H2,1-2H3/t30-,31-/m1/s1. The summed E-state index contributed by atoms with van der Waals surface area (Å²) in [6.07, 6.45) is 14.0. The summed E-state index contributed by atoms with van der Waals surface area (Å²) >= 11 is 0. The Morgan fingerprint density at radius 2 is 1.12 bits per heavy atom. The van der Waals surface area contributed by atoms with E-state index in [1.54, 1.807) is 14.2 Å². The molecule has 0 radical (unpaired) electrons. The van der Waals surface area contributed by atoms with Gasteiger partial charge in [0.2, 0.25) is 0 Å². The highest BCUT2D eigenvalue weighted by Crippen LogP contribution is 2.42. The Hall–Kier alpha value is -2.29. The van der Waals surface area contributed by atoms with Gasteiger partial charge in [0.1, 0.15) is 17.3 Å². The van der Waals surface area contributed by atoms with Crippen molar-refractivity contribution in [2.45, 2.75) is 88.9 Å². The third-order valence-corrected chi connectivity index (χ3v) is 8.38. The van der Waals surface area contributed by atoms with Crippen molar-refractivity contribution in [3.63, 3.8) is 0 Å². The third kappa shape index (κ3) is 6.43. The number of carbonyl (C=O) groups is 1. The molecule has 2 aromatic carbocycles. The quantitative estimate of drug-likeness (QED) is 0.358. The molecule has 184 valence electrons. The Labute approximate surface area is 206 Å². The molecule has 0 amide bonds. The molecule has 3 nitrogen and oxygen atoms in total. The van der Waals surface area contributed by atoms with Crippen molar-refractivity contribution >= 4 is 5.78 Å². The molecule has 0 spiro atoms. The number of rotatable bonds is 10. The molecule has 0 heterocycles. The van der Waals surface area contributed by atoms with Crippen LogP contribution >= 0.6 is 0 Å². The first-order valence-corrected chi connectivity index (χ1v) is 13.5. The molecule has 0 unspecified atom stereocenters. The number of benzene rings is 2. The molecule has 2 saturated carbocycles. The van der Waals surface area contributed by atoms with Crippen molar-refractivity contribution in [1.29, 1.82) is 0 Å². The molecular formula is C31H42O3. The molecule has 0 aliphatic heterocycles. The van der Waals surface area contributed by atoms with E-state index < -0.39 is 0 Å². The SMILES string of the molecule is COc1cccc([C@H](CC(=O)C[C@@H](c2cccc(OC)c2)C2CCCCC2)C2CCCCC2)c1. The van der Waals surface area contributed by atoms with Gasteiger partial charge in [-0.1, -0.05) is 62.8 Å². The molecule has 0 bridgehead atoms. The van der Waals surface area contributed by atoms with Gasteiger partial charge >= 0.3 is 0 Å². The zero-order valence-electron chi connectivity index (χ0n) is 21.1. The van der Waals surface area contributed by atoms with Crippen LogP contribution in [0.2, 0.25) is 0 Å². The molecule has 0 N–H and O–H groups in total. The zero-order valence-corrected chi connectivity index (χ0v) is 21.1. The Balaban J connectivity index is 1.55. The molecule has 0 aromatic heterocycles. The molecular weight excluding hydrogens is 420 g/mol. The van der Waals surface area contributed by atoms with Gasteiger partial charge in [-0.3, -0.25) is 4.79 Å². The van der Waals surface area contributed by atoms with Crippen LogP contribution < -0.4 is 9.47 Å². The fourth-order valence-electron chi connectivity index (χ4n) is 6.50. The van der Waals surface area contributed by atoms with E-state index in [1.807, 2.05) is 12.1 Å². The zero-order chi connectivity index (χ0) is 23.8. The molecule has 2 atom stereocenters. The summed E-state index contributed by atoms with van der Waals surface area (Å²) in [5.41, 5.74) is 2.55. The fraction of sp³-hybridized carbons (Fsp3) is 0.581. The van der Waals surface area contributed by atoms with Crippen molar-refractivity contribution in [2.24, 2.45) is 11.8 Å². The lowest BCUT2D eigenvalue weighted by atomic mass is 9.71. The van der Waals surface area contributed by atoms with Gasteiger partial charge in [-0.2, -0.15) is 0 Å². The Bertz CT molecular complexity index is 835. The van der Waals surface area contributed by atoms with E-state index in [-0.39, 0.29) is 0 Å². The highest BCUT2D eigenvalue weighted by atomic mass is 16.5. The Morgan fingerprint density at radius 3 is 1.50 bits per heavy atom. The molecule has 34 heavy (non-hydrogen) atoms. The van der Waals surface area contributed by atoms with Gasteiger partial charge in [-0.25, -0.2) is 0 Å². The summed E-state index contributed by atoms with van der Waals surface area (Å²) in [5, 5.41) is 0. The number of ether oxygens (including phenoxy) is 2. The predicted molar refractivity (Wildman–Crippen MR) is 139 cm³/mol. The van der Waals surface area contributed by atoms with E-state index in [4.69, 9.17) is 9.47 Å². The van der Waals surface area contributed by atoms with Crippen molar-refractivity contribution in [1.82, 2.24) is 0 Å². The van der Waals surface area contributed by atoms with Crippen LogP contribution in [0.3, 0.4) is 0 Å². The lowest BCUT2D eigenvalue weighted by Crippen LogP contribution is -2.23. The van der Waals surface area contributed by atoms with E-state index >= 15 is 0 Å². The molecule has 2 aliphatic rings. The predicted octanol–water partition coefficient (Wildman–Crippen LogP) is 8.08.